The molecule has 1 saturated heterocycles. The molecule has 2 aromatic carbocycles. The van der Waals surface area contributed by atoms with E-state index >= 15 is 0 Å². The van der Waals surface area contributed by atoms with Crippen LogP contribution >= 0.6 is 15.9 Å². The summed E-state index contributed by atoms with van der Waals surface area (Å²) >= 11 is 3.45. The molecule has 2 aliphatic rings. The Hall–Kier alpha value is -2.57. The molecule has 2 aliphatic heterocycles. The third kappa shape index (κ3) is 3.90. The minimum atomic E-state index is -0.215. The molecule has 2 atom stereocenters. The van der Waals surface area contributed by atoms with Gasteiger partial charge in [0.1, 0.15) is 23.6 Å². The SMILES string of the molecule is CC1CC(C)C[NH+](Cc2c([O-])ccc3c2OC(=Cc2cc4cc(Br)ccc4o2)C3=O)C1. The summed E-state index contributed by atoms with van der Waals surface area (Å²) in [6, 6.07) is 10.7. The van der Waals surface area contributed by atoms with Gasteiger partial charge in [-0.15, -0.1) is 0 Å². The van der Waals surface area contributed by atoms with Crippen molar-refractivity contribution in [3.8, 4) is 11.5 Å². The number of nitrogens with one attached hydrogen (secondary N) is 1. The Balaban J connectivity index is 1.46. The molecule has 0 bridgehead atoms. The van der Waals surface area contributed by atoms with Crippen molar-refractivity contribution in [3.63, 3.8) is 0 Å². The van der Waals surface area contributed by atoms with E-state index in [1.807, 2.05) is 24.3 Å². The lowest BCUT2D eigenvalue weighted by Crippen LogP contribution is -3.13. The van der Waals surface area contributed by atoms with Crippen LogP contribution in [0.2, 0.25) is 0 Å². The highest BCUT2D eigenvalue weighted by atomic mass is 79.9. The smallest absolute Gasteiger partial charge is 0.232 e. The van der Waals surface area contributed by atoms with E-state index in [1.165, 1.54) is 17.4 Å². The molecular formula is C25H24BrNO4. The van der Waals surface area contributed by atoms with Gasteiger partial charge >= 0.3 is 0 Å². The first-order valence-corrected chi connectivity index (χ1v) is 11.5. The highest BCUT2D eigenvalue weighted by molar-refractivity contribution is 9.10. The molecule has 5 nitrogen and oxygen atoms in total. The Bertz CT molecular complexity index is 1200. The predicted molar refractivity (Wildman–Crippen MR) is 120 cm³/mol. The largest absolute Gasteiger partial charge is 0.872 e. The van der Waals surface area contributed by atoms with Gasteiger partial charge in [-0.1, -0.05) is 41.6 Å². The third-order valence-corrected chi connectivity index (χ3v) is 6.67. The van der Waals surface area contributed by atoms with E-state index in [0.717, 1.165) is 28.5 Å². The van der Waals surface area contributed by atoms with Crippen LogP contribution in [-0.2, 0) is 6.54 Å². The second-order valence-electron chi connectivity index (χ2n) is 8.97. The van der Waals surface area contributed by atoms with E-state index in [-0.39, 0.29) is 17.3 Å². The van der Waals surface area contributed by atoms with Gasteiger partial charge < -0.3 is 19.2 Å². The van der Waals surface area contributed by atoms with Crippen LogP contribution in [0.4, 0.5) is 0 Å². The molecule has 3 heterocycles. The highest BCUT2D eigenvalue weighted by Crippen LogP contribution is 2.38. The lowest BCUT2D eigenvalue weighted by Gasteiger charge is -2.33. The quantitative estimate of drug-likeness (QED) is 0.575. The van der Waals surface area contributed by atoms with Gasteiger partial charge in [-0.3, -0.25) is 4.79 Å². The second-order valence-corrected chi connectivity index (χ2v) is 9.89. The zero-order chi connectivity index (χ0) is 21.7. The molecule has 5 rings (SSSR count). The summed E-state index contributed by atoms with van der Waals surface area (Å²) in [6.45, 7) is 7.15. The summed E-state index contributed by atoms with van der Waals surface area (Å²) in [4.78, 5) is 14.3. The average Bonchev–Trinajstić information content (AvgIpc) is 3.24. The van der Waals surface area contributed by atoms with Crippen LogP contribution in [0.1, 0.15) is 41.9 Å². The molecule has 1 fully saturated rings. The van der Waals surface area contributed by atoms with Gasteiger partial charge in [0.25, 0.3) is 0 Å². The Kier molecular flexibility index (Phi) is 5.15. The van der Waals surface area contributed by atoms with Crippen molar-refractivity contribution in [1.82, 2.24) is 0 Å². The van der Waals surface area contributed by atoms with Gasteiger partial charge in [0.2, 0.25) is 5.78 Å². The summed E-state index contributed by atoms with van der Waals surface area (Å²) in [5, 5.41) is 13.6. The molecule has 1 N–H and O–H groups in total. The van der Waals surface area contributed by atoms with Crippen molar-refractivity contribution >= 4 is 38.8 Å². The number of ketones is 1. The number of fused-ring (bicyclic) bond motifs is 2. The summed E-state index contributed by atoms with van der Waals surface area (Å²) in [6.07, 6.45) is 2.83. The molecule has 0 saturated carbocycles. The monoisotopic (exact) mass is 481 g/mol. The Labute approximate surface area is 189 Å². The number of halogens is 1. The fourth-order valence-corrected chi connectivity index (χ4v) is 5.39. The molecule has 31 heavy (non-hydrogen) atoms. The summed E-state index contributed by atoms with van der Waals surface area (Å²) in [5.74, 6) is 2.11. The minimum absolute atomic E-state index is 0.0697. The van der Waals surface area contributed by atoms with Gasteiger partial charge in [-0.2, -0.15) is 0 Å². The number of hydrogen-bond donors (Lipinski definition) is 1. The molecule has 0 radical (unpaired) electrons. The summed E-state index contributed by atoms with van der Waals surface area (Å²) in [5.41, 5.74) is 1.79. The Morgan fingerprint density at radius 3 is 2.71 bits per heavy atom. The van der Waals surface area contributed by atoms with Gasteiger partial charge in [0, 0.05) is 33.3 Å². The molecule has 6 heteroatoms. The maximum atomic E-state index is 13.0. The number of allylic oxidation sites excluding steroid dienone is 1. The van der Waals surface area contributed by atoms with E-state index in [2.05, 4.69) is 29.8 Å². The molecular weight excluding hydrogens is 458 g/mol. The van der Waals surface area contributed by atoms with Crippen LogP contribution in [0.25, 0.3) is 17.0 Å². The number of quaternary nitrogens is 1. The average molecular weight is 482 g/mol. The van der Waals surface area contributed by atoms with E-state index in [4.69, 9.17) is 9.15 Å². The van der Waals surface area contributed by atoms with Gasteiger partial charge in [0.15, 0.2) is 5.76 Å². The molecule has 0 amide bonds. The minimum Gasteiger partial charge on any atom is -0.872 e. The zero-order valence-electron chi connectivity index (χ0n) is 17.5. The lowest BCUT2D eigenvalue weighted by molar-refractivity contribution is -0.925. The molecule has 2 unspecified atom stereocenters. The van der Waals surface area contributed by atoms with Crippen LogP contribution in [0, 0.1) is 11.8 Å². The van der Waals surface area contributed by atoms with Crippen LogP contribution in [-0.4, -0.2) is 18.9 Å². The van der Waals surface area contributed by atoms with E-state index < -0.39 is 0 Å². The molecule has 1 aromatic heterocycles. The normalized spacial score (nSPS) is 24.5. The second kappa shape index (κ2) is 7.84. The number of hydrogen-bond acceptors (Lipinski definition) is 4. The fraction of sp³-hybridized carbons (Fsp3) is 0.320. The van der Waals surface area contributed by atoms with Crippen molar-refractivity contribution in [1.29, 1.82) is 0 Å². The van der Waals surface area contributed by atoms with E-state index in [1.54, 1.807) is 12.1 Å². The maximum Gasteiger partial charge on any atom is 0.232 e. The number of Topliss-reactive ketones (excluding diaryl/α,β-unsaturated/α-hetero) is 1. The Morgan fingerprint density at radius 1 is 1.16 bits per heavy atom. The lowest BCUT2D eigenvalue weighted by atomic mass is 9.91. The summed E-state index contributed by atoms with van der Waals surface area (Å²) < 4.78 is 12.8. The number of rotatable bonds is 3. The van der Waals surface area contributed by atoms with Crippen LogP contribution in [0.3, 0.4) is 0 Å². The molecule has 0 aliphatic carbocycles. The topological polar surface area (TPSA) is 66.9 Å². The number of carbonyl (C=O) groups is 1. The number of ether oxygens (including phenoxy) is 1. The van der Waals surface area contributed by atoms with Crippen LogP contribution in [0.15, 0.2) is 51.0 Å². The highest BCUT2D eigenvalue weighted by Gasteiger charge is 2.33. The number of furan rings is 1. The fourth-order valence-electron chi connectivity index (χ4n) is 5.01. The third-order valence-electron chi connectivity index (χ3n) is 6.17. The van der Waals surface area contributed by atoms with E-state index in [9.17, 15) is 9.90 Å². The zero-order valence-corrected chi connectivity index (χ0v) is 19.1. The molecule has 160 valence electrons. The first kappa shape index (κ1) is 20.3. The number of carbonyl (C=O) groups excluding carboxylic acids is 1. The van der Waals surface area contributed by atoms with Crippen LogP contribution in [0.5, 0.6) is 11.5 Å². The summed E-state index contributed by atoms with van der Waals surface area (Å²) in [7, 11) is 0. The van der Waals surface area contributed by atoms with Gasteiger partial charge in [-0.25, -0.2) is 0 Å². The standard InChI is InChI=1S/C25H24BrNO4/c1-14-7-15(2)12-27(11-14)13-20-21(28)5-4-19-24(29)23(31-25(19)20)10-18-9-16-8-17(26)3-6-22(16)30-18/h3-6,8-10,14-15,28H,7,11-13H2,1-2H3. The van der Waals surface area contributed by atoms with E-state index in [0.29, 0.717) is 41.0 Å². The van der Waals surface area contributed by atoms with Crippen molar-refractivity contribution in [2.24, 2.45) is 11.8 Å². The molecule has 0 spiro atoms. The van der Waals surface area contributed by atoms with Crippen molar-refractivity contribution < 1.29 is 24.0 Å². The van der Waals surface area contributed by atoms with Crippen molar-refractivity contribution in [2.75, 3.05) is 13.1 Å². The van der Waals surface area contributed by atoms with Crippen molar-refractivity contribution in [3.05, 3.63) is 63.5 Å². The van der Waals surface area contributed by atoms with Gasteiger partial charge in [0.05, 0.1) is 18.7 Å². The molecule has 3 aromatic rings. The number of benzene rings is 2. The first-order valence-electron chi connectivity index (χ1n) is 10.7. The first-order chi connectivity index (χ1) is 14.9. The number of likely N-dealkylation sites (tertiary alicyclic amines) is 1. The Morgan fingerprint density at radius 2 is 1.94 bits per heavy atom. The maximum absolute atomic E-state index is 13.0. The van der Waals surface area contributed by atoms with Crippen molar-refractivity contribution in [2.45, 2.75) is 26.8 Å². The van der Waals surface area contributed by atoms with Crippen LogP contribution < -0.4 is 14.7 Å². The van der Waals surface area contributed by atoms with Gasteiger partial charge in [-0.05, 0) is 36.8 Å². The number of piperidine rings is 1. The predicted octanol–water partition coefficient (Wildman–Crippen LogP) is 3.95.